The zero-order valence-electron chi connectivity index (χ0n) is 10.4. The summed E-state index contributed by atoms with van der Waals surface area (Å²) in [5.41, 5.74) is 4.12. The predicted octanol–water partition coefficient (Wildman–Crippen LogP) is 2.42. The highest BCUT2D eigenvalue weighted by molar-refractivity contribution is 6.28. The molecule has 0 radical (unpaired) electrons. The maximum Gasteiger partial charge on any atom is 0.416 e. The third-order valence-corrected chi connectivity index (χ3v) is 3.00. The minimum Gasteiger partial charge on any atom is -0.326 e. The van der Waals surface area contributed by atoms with Gasteiger partial charge in [-0.15, -0.1) is 0 Å². The van der Waals surface area contributed by atoms with Crippen molar-refractivity contribution in [2.45, 2.75) is 25.7 Å². The Labute approximate surface area is 117 Å². The molecule has 1 aromatic heterocycles. The van der Waals surface area contributed by atoms with E-state index in [0.717, 1.165) is 22.8 Å². The van der Waals surface area contributed by atoms with Gasteiger partial charge in [-0.2, -0.15) is 13.2 Å². The summed E-state index contributed by atoms with van der Waals surface area (Å²) in [4.78, 5) is 16.0. The quantitative estimate of drug-likeness (QED) is 0.867. The molecule has 2 aromatic rings. The van der Waals surface area contributed by atoms with Crippen LogP contribution in [0.5, 0.6) is 0 Å². The van der Waals surface area contributed by atoms with E-state index in [1.54, 1.807) is 6.92 Å². The number of nitrogens with zero attached hydrogens (tertiary/aromatic N) is 2. The third kappa shape index (κ3) is 2.78. The number of halogens is 4. The van der Waals surface area contributed by atoms with Crippen molar-refractivity contribution in [2.75, 3.05) is 0 Å². The molecule has 0 bridgehead atoms. The summed E-state index contributed by atoms with van der Waals surface area (Å²) < 4.78 is 39.0. The number of alkyl halides is 3. The number of benzene rings is 1. The molecule has 1 aromatic carbocycles. The van der Waals surface area contributed by atoms with Gasteiger partial charge in [0.15, 0.2) is 0 Å². The van der Waals surface area contributed by atoms with Crippen LogP contribution in [0.1, 0.15) is 12.5 Å². The summed E-state index contributed by atoms with van der Waals surface area (Å²) in [6, 6.07) is 2.41. The lowest BCUT2D eigenvalue weighted by molar-refractivity contribution is -0.137. The number of nitrogens with two attached hydrogens (primary N) is 1. The van der Waals surface area contributed by atoms with Gasteiger partial charge < -0.3 is 5.73 Å². The van der Waals surface area contributed by atoms with Crippen LogP contribution in [0, 0.1) is 0 Å². The van der Waals surface area contributed by atoms with Crippen molar-refractivity contribution in [3.63, 3.8) is 0 Å². The molecule has 2 N–H and O–H groups in total. The van der Waals surface area contributed by atoms with Crippen LogP contribution in [-0.2, 0) is 12.7 Å². The summed E-state index contributed by atoms with van der Waals surface area (Å²) >= 11 is 5.83. The van der Waals surface area contributed by atoms with Gasteiger partial charge in [0.25, 0.3) is 5.56 Å². The molecule has 0 spiro atoms. The van der Waals surface area contributed by atoms with Crippen molar-refractivity contribution >= 4 is 22.5 Å². The van der Waals surface area contributed by atoms with Crippen LogP contribution in [0.3, 0.4) is 0 Å². The lowest BCUT2D eigenvalue weighted by Gasteiger charge is -2.12. The van der Waals surface area contributed by atoms with Gasteiger partial charge >= 0.3 is 6.18 Å². The average molecular weight is 306 g/mol. The normalized spacial score (nSPS) is 13.7. The van der Waals surface area contributed by atoms with Gasteiger partial charge in [-0.05, 0) is 36.7 Å². The number of rotatable bonds is 2. The fraction of sp³-hybridized carbons (Fsp3) is 0.333. The third-order valence-electron chi connectivity index (χ3n) is 2.71. The second kappa shape index (κ2) is 5.06. The molecule has 0 aliphatic carbocycles. The second-order valence-corrected chi connectivity index (χ2v) is 4.84. The lowest BCUT2D eigenvalue weighted by atomic mass is 10.1. The largest absolute Gasteiger partial charge is 0.416 e. The molecule has 0 aliphatic rings. The first-order chi connectivity index (χ1) is 9.20. The number of hydrogen-bond acceptors (Lipinski definition) is 3. The molecule has 4 nitrogen and oxygen atoms in total. The molecule has 108 valence electrons. The molecule has 2 rings (SSSR count). The number of aromatic nitrogens is 2. The van der Waals surface area contributed by atoms with Crippen molar-refractivity contribution in [1.29, 1.82) is 0 Å². The Bertz CT molecular complexity index is 709. The van der Waals surface area contributed by atoms with Crippen LogP contribution in [0.15, 0.2) is 23.0 Å². The Morgan fingerprint density at radius 3 is 2.65 bits per heavy atom. The molecule has 1 atom stereocenters. The fourth-order valence-electron chi connectivity index (χ4n) is 1.82. The van der Waals surface area contributed by atoms with Crippen LogP contribution in [-0.4, -0.2) is 15.6 Å². The smallest absolute Gasteiger partial charge is 0.326 e. The Morgan fingerprint density at radius 1 is 1.45 bits per heavy atom. The highest BCUT2D eigenvalue weighted by atomic mass is 35.5. The Morgan fingerprint density at radius 2 is 2.10 bits per heavy atom. The van der Waals surface area contributed by atoms with Gasteiger partial charge in [-0.25, -0.2) is 4.98 Å². The molecule has 0 saturated carbocycles. The molecular formula is C12H11ClF3N3O. The minimum atomic E-state index is -4.50. The second-order valence-electron chi connectivity index (χ2n) is 4.50. The molecule has 1 heterocycles. The minimum absolute atomic E-state index is 0.0723. The maximum absolute atomic E-state index is 12.6. The topological polar surface area (TPSA) is 60.9 Å². The summed E-state index contributed by atoms with van der Waals surface area (Å²) in [5, 5.41) is -0.109. The van der Waals surface area contributed by atoms with Crippen molar-refractivity contribution in [1.82, 2.24) is 9.55 Å². The van der Waals surface area contributed by atoms with Crippen LogP contribution in [0.2, 0.25) is 5.28 Å². The average Bonchev–Trinajstić information content (AvgIpc) is 2.32. The lowest BCUT2D eigenvalue weighted by Crippen LogP contribution is -2.31. The molecule has 0 amide bonds. The van der Waals surface area contributed by atoms with Gasteiger partial charge in [0.05, 0.1) is 16.5 Å². The van der Waals surface area contributed by atoms with Crippen molar-refractivity contribution < 1.29 is 13.2 Å². The van der Waals surface area contributed by atoms with Gasteiger partial charge in [-0.3, -0.25) is 9.36 Å². The molecule has 0 fully saturated rings. The van der Waals surface area contributed by atoms with Crippen LogP contribution < -0.4 is 11.3 Å². The summed E-state index contributed by atoms with van der Waals surface area (Å²) in [7, 11) is 0. The Kier molecular flexibility index (Phi) is 3.75. The van der Waals surface area contributed by atoms with Crippen LogP contribution in [0.4, 0.5) is 13.2 Å². The van der Waals surface area contributed by atoms with E-state index in [-0.39, 0.29) is 28.8 Å². The molecule has 0 saturated heterocycles. The first kappa shape index (κ1) is 14.8. The van der Waals surface area contributed by atoms with Gasteiger partial charge in [-0.1, -0.05) is 0 Å². The van der Waals surface area contributed by atoms with E-state index in [1.807, 2.05) is 0 Å². The molecule has 20 heavy (non-hydrogen) atoms. The van der Waals surface area contributed by atoms with E-state index >= 15 is 0 Å². The fourth-order valence-corrected chi connectivity index (χ4v) is 2.05. The number of fused-ring (bicyclic) bond motifs is 1. The molecular weight excluding hydrogens is 295 g/mol. The first-order valence-electron chi connectivity index (χ1n) is 5.73. The first-order valence-corrected chi connectivity index (χ1v) is 6.11. The Balaban J connectivity index is 2.67. The van der Waals surface area contributed by atoms with Crippen molar-refractivity contribution in [2.24, 2.45) is 5.73 Å². The van der Waals surface area contributed by atoms with E-state index in [2.05, 4.69) is 4.98 Å². The predicted molar refractivity (Wildman–Crippen MR) is 69.7 cm³/mol. The van der Waals surface area contributed by atoms with Crippen molar-refractivity contribution in [3.8, 4) is 0 Å². The van der Waals surface area contributed by atoms with E-state index in [0.29, 0.717) is 0 Å². The van der Waals surface area contributed by atoms with E-state index in [9.17, 15) is 18.0 Å². The van der Waals surface area contributed by atoms with Gasteiger partial charge in [0.1, 0.15) is 0 Å². The standard InChI is InChI=1S/C12H11ClF3N3O/c1-6(17)5-19-10(20)8-3-2-7(12(14,15)16)4-9(8)18-11(19)13/h2-4,6H,5,17H2,1H3. The van der Waals surface area contributed by atoms with Crippen LogP contribution >= 0.6 is 11.6 Å². The summed E-state index contributed by atoms with van der Waals surface area (Å²) in [6.45, 7) is 1.82. The monoisotopic (exact) mass is 305 g/mol. The van der Waals surface area contributed by atoms with Crippen LogP contribution in [0.25, 0.3) is 10.9 Å². The maximum atomic E-state index is 12.6. The zero-order valence-corrected chi connectivity index (χ0v) is 11.2. The zero-order chi connectivity index (χ0) is 15.1. The van der Waals surface area contributed by atoms with E-state index in [1.165, 1.54) is 0 Å². The summed E-state index contributed by atoms with van der Waals surface area (Å²) in [6.07, 6.45) is -4.50. The van der Waals surface area contributed by atoms with Gasteiger partial charge in [0, 0.05) is 12.6 Å². The van der Waals surface area contributed by atoms with E-state index < -0.39 is 17.3 Å². The van der Waals surface area contributed by atoms with E-state index in [4.69, 9.17) is 17.3 Å². The van der Waals surface area contributed by atoms with Gasteiger partial charge in [0.2, 0.25) is 5.28 Å². The molecule has 8 heteroatoms. The number of hydrogen-bond donors (Lipinski definition) is 1. The van der Waals surface area contributed by atoms with Crippen molar-refractivity contribution in [3.05, 3.63) is 39.4 Å². The summed E-state index contributed by atoms with van der Waals surface area (Å²) in [5.74, 6) is 0. The highest BCUT2D eigenvalue weighted by Crippen LogP contribution is 2.30. The Hall–Kier alpha value is -1.60. The highest BCUT2D eigenvalue weighted by Gasteiger charge is 2.31. The SMILES string of the molecule is CC(N)Cn1c(Cl)nc2cc(C(F)(F)F)ccc2c1=O. The molecule has 1 unspecified atom stereocenters. The molecule has 0 aliphatic heterocycles.